The van der Waals surface area contributed by atoms with E-state index in [-0.39, 0.29) is 6.10 Å². The molecule has 0 amide bonds. The monoisotopic (exact) mass is 284 g/mol. The van der Waals surface area contributed by atoms with Gasteiger partial charge in [0.05, 0.1) is 12.3 Å². The van der Waals surface area contributed by atoms with Gasteiger partial charge in [-0.2, -0.15) is 0 Å². The minimum absolute atomic E-state index is 0.0783. The number of nitrogens with two attached hydrogens (primary N) is 1. The minimum Gasteiger partial charge on any atom is -0.489 e. The van der Waals surface area contributed by atoms with Gasteiger partial charge < -0.3 is 15.2 Å². The predicted molar refractivity (Wildman–Crippen MR) is 77.8 cm³/mol. The number of morpholine rings is 1. The SMILES string of the molecule is CC(C)N1CCOC(COc2cc(Cl)ccc2N)C1. The number of rotatable bonds is 4. The Morgan fingerprint density at radius 1 is 1.53 bits per heavy atom. The lowest BCUT2D eigenvalue weighted by molar-refractivity contribution is -0.0563. The Hall–Kier alpha value is -0.970. The van der Waals surface area contributed by atoms with Crippen molar-refractivity contribution in [1.29, 1.82) is 0 Å². The van der Waals surface area contributed by atoms with E-state index in [0.29, 0.717) is 29.1 Å². The van der Waals surface area contributed by atoms with E-state index in [2.05, 4.69) is 18.7 Å². The zero-order chi connectivity index (χ0) is 13.8. The molecule has 0 spiro atoms. The highest BCUT2D eigenvalue weighted by Crippen LogP contribution is 2.25. The van der Waals surface area contributed by atoms with Crippen LogP contribution in [0.3, 0.4) is 0 Å². The number of anilines is 1. The second-order valence-electron chi connectivity index (χ2n) is 5.07. The second-order valence-corrected chi connectivity index (χ2v) is 5.51. The molecule has 1 aromatic carbocycles. The molecule has 2 rings (SSSR count). The molecule has 19 heavy (non-hydrogen) atoms. The number of hydrogen-bond acceptors (Lipinski definition) is 4. The van der Waals surface area contributed by atoms with Crippen molar-refractivity contribution in [1.82, 2.24) is 4.90 Å². The van der Waals surface area contributed by atoms with E-state index < -0.39 is 0 Å². The molecule has 1 atom stereocenters. The summed E-state index contributed by atoms with van der Waals surface area (Å²) < 4.78 is 11.4. The molecule has 0 aliphatic carbocycles. The van der Waals surface area contributed by atoms with Crippen molar-refractivity contribution in [3.8, 4) is 5.75 Å². The lowest BCUT2D eigenvalue weighted by atomic mass is 10.2. The zero-order valence-corrected chi connectivity index (χ0v) is 12.2. The Labute approximate surface area is 119 Å². The summed E-state index contributed by atoms with van der Waals surface area (Å²) in [6.07, 6.45) is 0.0783. The highest BCUT2D eigenvalue weighted by atomic mass is 35.5. The molecule has 5 heteroatoms. The lowest BCUT2D eigenvalue weighted by Gasteiger charge is -2.35. The number of halogens is 1. The van der Waals surface area contributed by atoms with Crippen LogP contribution in [0.15, 0.2) is 18.2 Å². The van der Waals surface area contributed by atoms with Crippen LogP contribution >= 0.6 is 11.6 Å². The Balaban J connectivity index is 1.89. The number of nitrogen functional groups attached to an aromatic ring is 1. The number of hydrogen-bond donors (Lipinski definition) is 1. The summed E-state index contributed by atoms with van der Waals surface area (Å²) in [5.74, 6) is 0.623. The second kappa shape index (κ2) is 6.46. The zero-order valence-electron chi connectivity index (χ0n) is 11.4. The lowest BCUT2D eigenvalue weighted by Crippen LogP contribution is -2.47. The molecule has 1 aromatic rings. The summed E-state index contributed by atoms with van der Waals surface area (Å²) in [6, 6.07) is 5.77. The molecule has 2 N–H and O–H groups in total. The van der Waals surface area contributed by atoms with Crippen LogP contribution in [0, 0.1) is 0 Å². The van der Waals surface area contributed by atoms with Crippen molar-refractivity contribution in [2.24, 2.45) is 0 Å². The normalized spacial score (nSPS) is 20.7. The first-order valence-corrected chi connectivity index (χ1v) is 6.97. The van der Waals surface area contributed by atoms with Crippen molar-refractivity contribution in [3.05, 3.63) is 23.2 Å². The highest BCUT2D eigenvalue weighted by molar-refractivity contribution is 6.30. The smallest absolute Gasteiger partial charge is 0.143 e. The summed E-state index contributed by atoms with van der Waals surface area (Å²) >= 11 is 5.93. The third-order valence-electron chi connectivity index (χ3n) is 3.30. The first-order chi connectivity index (χ1) is 9.06. The Morgan fingerprint density at radius 2 is 2.32 bits per heavy atom. The van der Waals surface area contributed by atoms with Gasteiger partial charge in [-0.15, -0.1) is 0 Å². The fourth-order valence-corrected chi connectivity index (χ4v) is 2.29. The first-order valence-electron chi connectivity index (χ1n) is 6.59. The van der Waals surface area contributed by atoms with Crippen LogP contribution in [-0.2, 0) is 4.74 Å². The molecular weight excluding hydrogens is 264 g/mol. The predicted octanol–water partition coefficient (Wildman–Crippen LogP) is 2.41. The minimum atomic E-state index is 0.0783. The van der Waals surface area contributed by atoms with E-state index in [1.807, 2.05) is 0 Å². The topological polar surface area (TPSA) is 47.7 Å². The Bertz CT molecular complexity index is 426. The van der Waals surface area contributed by atoms with E-state index in [4.69, 9.17) is 26.8 Å². The van der Waals surface area contributed by atoms with Crippen LogP contribution in [-0.4, -0.2) is 43.3 Å². The van der Waals surface area contributed by atoms with Crippen LogP contribution in [0.4, 0.5) is 5.69 Å². The maximum absolute atomic E-state index is 5.93. The molecule has 1 aliphatic heterocycles. The van der Waals surface area contributed by atoms with Gasteiger partial charge in [0.25, 0.3) is 0 Å². The van der Waals surface area contributed by atoms with Crippen LogP contribution in [0.1, 0.15) is 13.8 Å². The maximum Gasteiger partial charge on any atom is 0.143 e. The number of benzene rings is 1. The van der Waals surface area contributed by atoms with Crippen molar-refractivity contribution in [2.45, 2.75) is 26.0 Å². The fourth-order valence-electron chi connectivity index (χ4n) is 2.13. The van der Waals surface area contributed by atoms with E-state index in [9.17, 15) is 0 Å². The highest BCUT2D eigenvalue weighted by Gasteiger charge is 2.22. The van der Waals surface area contributed by atoms with Gasteiger partial charge in [0.1, 0.15) is 18.5 Å². The molecule has 0 radical (unpaired) electrons. The quantitative estimate of drug-likeness (QED) is 0.863. The van der Waals surface area contributed by atoms with Gasteiger partial charge in [-0.3, -0.25) is 4.90 Å². The molecule has 1 unspecified atom stereocenters. The molecular formula is C14H21ClN2O2. The molecule has 106 valence electrons. The molecule has 1 fully saturated rings. The third-order valence-corrected chi connectivity index (χ3v) is 3.54. The van der Waals surface area contributed by atoms with Gasteiger partial charge in [0.15, 0.2) is 0 Å². The summed E-state index contributed by atoms with van der Waals surface area (Å²) in [6.45, 7) is 7.49. The van der Waals surface area contributed by atoms with Crippen molar-refractivity contribution < 1.29 is 9.47 Å². The Kier molecular flexibility index (Phi) is 4.91. The molecule has 1 heterocycles. The summed E-state index contributed by atoms with van der Waals surface area (Å²) in [7, 11) is 0. The van der Waals surface area contributed by atoms with E-state index >= 15 is 0 Å². The number of nitrogens with zero attached hydrogens (tertiary/aromatic N) is 1. The summed E-state index contributed by atoms with van der Waals surface area (Å²) in [5.41, 5.74) is 6.44. The third kappa shape index (κ3) is 4.00. The van der Waals surface area contributed by atoms with E-state index in [0.717, 1.165) is 19.7 Å². The van der Waals surface area contributed by atoms with Gasteiger partial charge in [0, 0.05) is 30.2 Å². The summed E-state index contributed by atoms with van der Waals surface area (Å²) in [4.78, 5) is 2.39. The van der Waals surface area contributed by atoms with E-state index in [1.165, 1.54) is 0 Å². The van der Waals surface area contributed by atoms with Gasteiger partial charge in [-0.25, -0.2) is 0 Å². The van der Waals surface area contributed by atoms with Crippen molar-refractivity contribution >= 4 is 17.3 Å². The van der Waals surface area contributed by atoms with Gasteiger partial charge in [0.2, 0.25) is 0 Å². The van der Waals surface area contributed by atoms with Gasteiger partial charge >= 0.3 is 0 Å². The fraction of sp³-hybridized carbons (Fsp3) is 0.571. The molecule has 1 aliphatic rings. The molecule has 1 saturated heterocycles. The van der Waals surface area contributed by atoms with Crippen molar-refractivity contribution in [2.75, 3.05) is 32.0 Å². The van der Waals surface area contributed by atoms with Crippen LogP contribution in [0.2, 0.25) is 5.02 Å². The number of ether oxygens (including phenoxy) is 2. The standard InChI is InChI=1S/C14H21ClN2O2/c1-10(2)17-5-6-18-12(8-17)9-19-14-7-11(15)3-4-13(14)16/h3-4,7,10,12H,5-6,8-9,16H2,1-2H3. The van der Waals surface area contributed by atoms with Gasteiger partial charge in [-0.05, 0) is 26.0 Å². The van der Waals surface area contributed by atoms with E-state index in [1.54, 1.807) is 18.2 Å². The molecule has 4 nitrogen and oxygen atoms in total. The largest absolute Gasteiger partial charge is 0.489 e. The summed E-state index contributed by atoms with van der Waals surface area (Å²) in [5, 5.41) is 0.623. The van der Waals surface area contributed by atoms with Crippen LogP contribution in [0.25, 0.3) is 0 Å². The average Bonchev–Trinajstić information content (AvgIpc) is 2.40. The first kappa shape index (κ1) is 14.4. The Morgan fingerprint density at radius 3 is 3.05 bits per heavy atom. The van der Waals surface area contributed by atoms with Crippen molar-refractivity contribution in [3.63, 3.8) is 0 Å². The van der Waals surface area contributed by atoms with Crippen LogP contribution < -0.4 is 10.5 Å². The average molecular weight is 285 g/mol. The van der Waals surface area contributed by atoms with Gasteiger partial charge in [-0.1, -0.05) is 11.6 Å². The molecule has 0 saturated carbocycles. The molecule has 0 aromatic heterocycles. The maximum atomic E-state index is 5.93. The molecule has 0 bridgehead atoms. The van der Waals surface area contributed by atoms with Crippen LogP contribution in [0.5, 0.6) is 5.75 Å².